The molecule has 0 aliphatic rings. The van der Waals surface area contributed by atoms with Crippen molar-refractivity contribution >= 4 is 205 Å². The normalized spacial score (nSPS) is 12.5. The number of esters is 1. The molecule has 11 aromatic rings. The van der Waals surface area contributed by atoms with E-state index < -0.39 is 67.4 Å². The van der Waals surface area contributed by atoms with Crippen molar-refractivity contribution in [3.05, 3.63) is 118 Å². The molecule has 10 heterocycles. The second kappa shape index (κ2) is 63.4. The first-order valence-electron chi connectivity index (χ1n) is 44.4. The lowest BCUT2D eigenvalue weighted by molar-refractivity contribution is -0.144. The quantitative estimate of drug-likeness (QED) is 0.00554. The highest BCUT2D eigenvalue weighted by molar-refractivity contribution is 7.62. The number of fused-ring (bicyclic) bond motifs is 5. The Morgan fingerprint density at radius 3 is 1.01 bits per heavy atom. The van der Waals surface area contributed by atoms with Crippen LogP contribution in [0.3, 0.4) is 0 Å². The van der Waals surface area contributed by atoms with Crippen molar-refractivity contribution in [3.8, 4) is 5.75 Å². The molecule has 0 fully saturated rings. The highest BCUT2D eigenvalue weighted by Gasteiger charge is 2.32. The molecular weight excluding hydrogens is 2030 g/mol. The van der Waals surface area contributed by atoms with Crippen LogP contribution >= 0.6 is 73.3 Å². The lowest BCUT2D eigenvalue weighted by Gasteiger charge is -2.26. The molecule has 798 valence electrons. The van der Waals surface area contributed by atoms with E-state index in [-0.39, 0.29) is 128 Å². The summed E-state index contributed by atoms with van der Waals surface area (Å²) in [6.45, 7) is 44.0. The number of nitrogens with one attached hydrogen (secondary N) is 7. The van der Waals surface area contributed by atoms with Gasteiger partial charge in [-0.25, -0.2) is 40.2 Å². The summed E-state index contributed by atoms with van der Waals surface area (Å²) in [7, 11) is -15.4. The van der Waals surface area contributed by atoms with Crippen molar-refractivity contribution < 1.29 is 84.7 Å². The summed E-state index contributed by atoms with van der Waals surface area (Å²) >= 11 is 5.92. The van der Waals surface area contributed by atoms with Crippen molar-refractivity contribution in [2.45, 2.75) is 145 Å². The van der Waals surface area contributed by atoms with E-state index in [2.05, 4.69) is 138 Å². The number of benzene rings is 1. The maximum absolute atomic E-state index is 13.4. The van der Waals surface area contributed by atoms with Gasteiger partial charge in [0.2, 0.25) is 37.2 Å². The van der Waals surface area contributed by atoms with Gasteiger partial charge in [-0.15, -0.1) is 51.1 Å². The fourth-order valence-electron chi connectivity index (χ4n) is 11.2. The number of rotatable bonds is 52. The number of hydrogen-bond donors (Lipinski definition) is 16. The predicted molar refractivity (Wildman–Crippen MR) is 569 cm³/mol. The summed E-state index contributed by atoms with van der Waals surface area (Å²) in [6.07, 6.45) is 16.2. The highest BCUT2D eigenvalue weighted by Crippen LogP contribution is 2.44. The van der Waals surface area contributed by atoms with Gasteiger partial charge in [-0.1, -0.05) is 81.3 Å². The standard InChI is InChI=1S/C21H28N7O4P.C19H31N8O4P.C13H21N6O2P.C11H17N6O4P.C10H15ClN5O2P.C7H15NO2.C3H9N.2ClH/c1-4-10-23-19-18-20(26-21(22)25-19)28(13-24-18)11-12-31-14-33(30,27-15(2)16(3)29)32-17-8-6-5-7-9-17;1-6-7-21-17-16-18(24-19(20)23-17)27(10-22-16)8-9-31-11-32(30,25-12(2)14(4)28)26-13(3)15(5)29;1-4-5-15-11-10-12(18-13(14)17-11)19(8-16-10)6-7-21-9-22(2,3)20;1-2-3-13-9-8-10(16-11(12)15-9)17(6-14-8)4-5-21-7-22(18,19)20;1-19(2,17)6-18-4-3-16-5-13-7-8(11)14-10(12)15-9(7)16;1-3-4-5-10-7(9)6(2)8;1-3(2)4;;/h4-9,13,15H,1,10-12,14H2,2-3H3,(H,27,30)(H3,22,23,25,26);6,10,12-13H,1,7-9,11H2,2-5H3,(H2,25,26,30)(H3,20,21,23,24);4,8H,1,5-7,9H2,2-3H3,(H3,14,15,17,18);2,6H,1,3-5,7H2,(H2,18,19,20)(H3,12,13,15,16);5H,3-4,6H2,1-2H3,(H2,12,14,15);6H,3-5,8H2,1-2H3;3H,4H2,1-2H3;2*1H/t15-,33?;12-,13-;;;;6-;;;/m00...0.../s1. The first kappa shape index (κ1) is 127. The number of hydrogen-bond acceptors (Lipinski definition) is 42. The lowest BCUT2D eigenvalue weighted by Crippen LogP contribution is -2.40. The molecule has 0 saturated heterocycles. The summed E-state index contributed by atoms with van der Waals surface area (Å²) in [4.78, 5) is 126. The smallest absolute Gasteiger partial charge is 0.350 e. The largest absolute Gasteiger partial charge is 0.465 e. The number of nitrogens with zero attached hydrogens (tertiary/aromatic N) is 20. The van der Waals surface area contributed by atoms with Crippen molar-refractivity contribution in [1.29, 1.82) is 0 Å². The Balaban J connectivity index is 0.000000451. The number of para-hydroxylation sites is 1. The highest BCUT2D eigenvalue weighted by atomic mass is 35.5. The second-order valence-electron chi connectivity index (χ2n) is 32.6. The van der Waals surface area contributed by atoms with Crippen LogP contribution in [0.15, 0.2) is 113 Å². The first-order valence-corrected chi connectivity index (χ1v) is 55.8. The molecule has 0 amide bonds. The summed E-state index contributed by atoms with van der Waals surface area (Å²) in [5, 5.41) is 20.8. The van der Waals surface area contributed by atoms with E-state index in [0.29, 0.717) is 170 Å². The van der Waals surface area contributed by atoms with Crippen LogP contribution in [-0.4, -0.2) is 285 Å². The molecule has 0 bridgehead atoms. The SMILES string of the molecule is C=CCNc1nc(N)nc2c1ncn2CCOCP(=O)(N[C@@H](C)C(C)=O)N[C@@H](C)C(C)=O.C=CCNc1nc(N)nc2c1ncn2CCOCP(=O)(N[C@@H](C)C(C)=O)Oc1ccccc1.C=CCNc1nc(N)nc2c1ncn2CCOCP(=O)(O)O.C=CCNc1nc(N)nc2c1ncn2CCOCP(C)(C)=O.CC(C)N.CCCCOC(=O)[C@H](C)N.CP(C)(=O)COCCn1cnc2c(Cl)nc(N)nc21.Cl.Cl. The Bertz CT molecular complexity index is 6030. The van der Waals surface area contributed by atoms with Crippen LogP contribution in [0.5, 0.6) is 5.75 Å². The molecule has 60 heteroatoms. The second-order valence-corrected chi connectivity index (χ2v) is 45.6. The number of Topliss-reactive ketones (excluding diaryl/α,β-unsaturated/α-hetero) is 3. The van der Waals surface area contributed by atoms with Gasteiger partial charge < -0.3 is 136 Å². The Morgan fingerprint density at radius 1 is 0.431 bits per heavy atom. The van der Waals surface area contributed by atoms with E-state index in [1.54, 1.807) is 153 Å². The van der Waals surface area contributed by atoms with Gasteiger partial charge in [0.1, 0.15) is 68.0 Å². The Kier molecular flexibility index (Phi) is 55.9. The zero-order chi connectivity index (χ0) is 106. The monoisotopic (exact) mass is 2170 g/mol. The minimum absolute atomic E-state index is 0. The molecule has 11 rings (SSSR count). The Hall–Kier alpha value is -11.0. The third-order valence-corrected chi connectivity index (χ3v) is 24.5. The summed E-state index contributed by atoms with van der Waals surface area (Å²) < 4.78 is 107. The van der Waals surface area contributed by atoms with Gasteiger partial charge in [-0.05, 0) is 99.7 Å². The fourth-order valence-corrected chi connectivity index (χ4v) is 16.9. The number of imidazole rings is 5. The summed E-state index contributed by atoms with van der Waals surface area (Å²) in [6, 6.07) is 6.61. The molecule has 0 aliphatic heterocycles. The summed E-state index contributed by atoms with van der Waals surface area (Å²) in [5.74, 6) is 2.27. The zero-order valence-corrected chi connectivity index (χ0v) is 90.1. The minimum atomic E-state index is -4.16. The maximum atomic E-state index is 13.4. The van der Waals surface area contributed by atoms with Crippen molar-refractivity contribution in [2.75, 3.05) is 174 Å². The topological polar surface area (TPSA) is 743 Å². The van der Waals surface area contributed by atoms with Gasteiger partial charge in [0.25, 0.3) is 0 Å². The lowest BCUT2D eigenvalue weighted by atomic mass is 10.3. The van der Waals surface area contributed by atoms with Gasteiger partial charge in [0, 0.05) is 58.9 Å². The average Bonchev–Trinajstić information content (AvgIpc) is 1.77. The number of halogens is 3. The zero-order valence-electron chi connectivity index (χ0n) is 83.2. The molecule has 1 unspecified atom stereocenters. The average molecular weight is 2170 g/mol. The molecule has 0 radical (unpaired) electrons. The molecule has 0 aliphatic carbocycles. The molecule has 52 nitrogen and oxygen atoms in total. The molecule has 144 heavy (non-hydrogen) atoms. The number of aromatic nitrogens is 20. The van der Waals surface area contributed by atoms with Gasteiger partial charge in [0.15, 0.2) is 78.7 Å². The van der Waals surface area contributed by atoms with Crippen molar-refractivity contribution in [2.24, 2.45) is 11.5 Å². The molecule has 0 spiro atoms. The number of ether oxygens (including phenoxy) is 6. The van der Waals surface area contributed by atoms with Crippen molar-refractivity contribution in [1.82, 2.24) is 113 Å². The number of anilines is 9. The molecule has 23 N–H and O–H groups in total. The van der Waals surface area contributed by atoms with E-state index in [1.807, 2.05) is 31.4 Å². The molecular formula is C84H138Cl3N34O18P5. The van der Waals surface area contributed by atoms with Crippen LogP contribution in [0, 0.1) is 0 Å². The maximum Gasteiger partial charge on any atom is 0.350 e. The third kappa shape index (κ3) is 46.1. The van der Waals surface area contributed by atoms with Gasteiger partial charge >= 0.3 is 21.1 Å². The Labute approximate surface area is 852 Å². The number of nitrogen functional groups attached to an aromatic ring is 5. The van der Waals surface area contributed by atoms with Crippen LogP contribution in [0.4, 0.5) is 53.0 Å². The van der Waals surface area contributed by atoms with Gasteiger partial charge in [-0.2, -0.15) is 49.8 Å². The van der Waals surface area contributed by atoms with Crippen LogP contribution in [-0.2, 0) is 103 Å². The van der Waals surface area contributed by atoms with E-state index >= 15 is 0 Å². The van der Waals surface area contributed by atoms with E-state index in [9.17, 15) is 42.0 Å². The third-order valence-electron chi connectivity index (χ3n) is 18.1. The van der Waals surface area contributed by atoms with Crippen molar-refractivity contribution in [3.63, 3.8) is 0 Å². The molecule has 5 atom stereocenters. The predicted octanol–water partition coefficient (Wildman–Crippen LogP) is 9.42. The van der Waals surface area contributed by atoms with Gasteiger partial charge in [0.05, 0.1) is 102 Å². The van der Waals surface area contributed by atoms with E-state index in [4.69, 9.17) is 94.5 Å². The Morgan fingerprint density at radius 2 is 0.715 bits per heavy atom. The van der Waals surface area contributed by atoms with E-state index in [1.165, 1.54) is 20.8 Å². The molecule has 1 aromatic carbocycles. The fraction of sp³-hybridized carbons (Fsp3) is 0.488. The minimum Gasteiger partial charge on any atom is -0.465 e. The summed E-state index contributed by atoms with van der Waals surface area (Å²) in [5.41, 5.74) is 44.6. The van der Waals surface area contributed by atoms with Crippen LogP contribution in [0.2, 0.25) is 5.15 Å². The number of unbranched alkanes of at least 4 members (excludes halogenated alkanes) is 1. The van der Waals surface area contributed by atoms with Gasteiger partial charge in [-0.3, -0.25) is 32.9 Å². The number of ketones is 3. The molecule has 0 saturated carbocycles. The number of carbonyl (C=O) groups is 4. The van der Waals surface area contributed by atoms with E-state index in [0.717, 1.165) is 12.8 Å². The first-order chi connectivity index (χ1) is 67.0. The number of carbonyl (C=O) groups excluding carboxylic acids is 4. The van der Waals surface area contributed by atoms with Crippen LogP contribution in [0.1, 0.15) is 82.1 Å². The van der Waals surface area contributed by atoms with Crippen LogP contribution < -0.4 is 81.2 Å². The van der Waals surface area contributed by atoms with Crippen LogP contribution in [0.25, 0.3) is 55.8 Å². The molecule has 10 aromatic heterocycles. The number of nitrogens with two attached hydrogens (primary N) is 7.